The zero-order valence-corrected chi connectivity index (χ0v) is 14.2. The molecule has 0 spiro atoms. The number of carbonyl (C=O) groups excluding carboxylic acids is 1. The van der Waals surface area contributed by atoms with Gasteiger partial charge < -0.3 is 14.9 Å². The molecule has 21 heavy (non-hydrogen) atoms. The summed E-state index contributed by atoms with van der Waals surface area (Å²) in [6.07, 6.45) is 0. The van der Waals surface area contributed by atoms with Gasteiger partial charge in [-0.1, -0.05) is 0 Å². The fourth-order valence-electron chi connectivity index (χ4n) is 1.58. The maximum absolute atomic E-state index is 12.1. The van der Waals surface area contributed by atoms with Gasteiger partial charge in [-0.25, -0.2) is 4.98 Å². The van der Waals surface area contributed by atoms with E-state index in [0.717, 1.165) is 10.7 Å². The van der Waals surface area contributed by atoms with Crippen LogP contribution in [0, 0.1) is 6.92 Å². The second kappa shape index (κ2) is 9.01. The topological polar surface area (TPSA) is 73.7 Å². The Kier molecular flexibility index (Phi) is 7.69. The van der Waals surface area contributed by atoms with Gasteiger partial charge in [-0.3, -0.25) is 9.59 Å². The number of carboxylic acid groups (broad SMARTS) is 1. The molecule has 118 valence electrons. The van der Waals surface area contributed by atoms with Crippen molar-refractivity contribution in [1.29, 1.82) is 0 Å². The highest BCUT2D eigenvalue weighted by molar-refractivity contribution is 7.99. The molecule has 8 heteroatoms. The summed E-state index contributed by atoms with van der Waals surface area (Å²) < 4.78 is 0. The van der Waals surface area contributed by atoms with Crippen LogP contribution in [-0.4, -0.2) is 71.2 Å². The van der Waals surface area contributed by atoms with E-state index in [1.54, 1.807) is 11.3 Å². The van der Waals surface area contributed by atoms with Crippen molar-refractivity contribution in [2.24, 2.45) is 0 Å². The van der Waals surface area contributed by atoms with Crippen LogP contribution in [-0.2, 0) is 15.3 Å². The van der Waals surface area contributed by atoms with Crippen LogP contribution < -0.4 is 0 Å². The number of nitrogens with zero attached hydrogens (tertiary/aromatic N) is 3. The maximum Gasteiger partial charge on any atom is 0.323 e. The quantitative estimate of drug-likeness (QED) is 0.732. The van der Waals surface area contributed by atoms with Crippen molar-refractivity contribution >= 4 is 35.0 Å². The first-order valence-electron chi connectivity index (χ1n) is 6.51. The molecule has 0 radical (unpaired) electrons. The number of hydrogen-bond donors (Lipinski definition) is 1. The Morgan fingerprint density at radius 2 is 2.10 bits per heavy atom. The number of carbonyl (C=O) groups is 2. The molecule has 0 atom stereocenters. The molecule has 0 aliphatic heterocycles. The summed E-state index contributed by atoms with van der Waals surface area (Å²) in [4.78, 5) is 30.6. The average molecular weight is 331 g/mol. The summed E-state index contributed by atoms with van der Waals surface area (Å²) in [6.45, 7) is 2.77. The second-order valence-corrected chi connectivity index (χ2v) is 6.91. The molecular formula is C13H21N3O3S2. The third-order valence-corrected chi connectivity index (χ3v) is 4.41. The molecule has 1 N–H and O–H groups in total. The van der Waals surface area contributed by atoms with E-state index in [1.807, 2.05) is 31.3 Å². The van der Waals surface area contributed by atoms with Gasteiger partial charge in [0.1, 0.15) is 6.54 Å². The molecule has 0 unspecified atom stereocenters. The highest BCUT2D eigenvalue weighted by Crippen LogP contribution is 2.15. The number of carboxylic acids is 1. The fraction of sp³-hybridized carbons (Fsp3) is 0.615. The van der Waals surface area contributed by atoms with Gasteiger partial charge in [0.05, 0.1) is 16.5 Å². The first-order valence-corrected chi connectivity index (χ1v) is 8.55. The van der Waals surface area contributed by atoms with Crippen LogP contribution >= 0.6 is 23.1 Å². The fourth-order valence-corrected chi connectivity index (χ4v) is 3.12. The molecule has 1 heterocycles. The monoisotopic (exact) mass is 331 g/mol. The average Bonchev–Trinajstić information content (AvgIpc) is 2.79. The number of rotatable bonds is 9. The lowest BCUT2D eigenvalue weighted by Gasteiger charge is -2.22. The van der Waals surface area contributed by atoms with E-state index >= 15 is 0 Å². The van der Waals surface area contributed by atoms with Crippen molar-refractivity contribution in [2.45, 2.75) is 12.7 Å². The maximum atomic E-state index is 12.1. The second-order valence-electron chi connectivity index (χ2n) is 4.86. The van der Waals surface area contributed by atoms with E-state index < -0.39 is 5.97 Å². The SMILES string of the molecule is Cc1nc(CSCC(=O)N(CCN(C)C)CC(=O)O)cs1. The number of aryl methyl sites for hydroxylation is 1. The van der Waals surface area contributed by atoms with Gasteiger partial charge in [0.25, 0.3) is 0 Å². The minimum Gasteiger partial charge on any atom is -0.480 e. The predicted octanol–water partition coefficient (Wildman–Crippen LogP) is 1.16. The Morgan fingerprint density at radius 1 is 1.38 bits per heavy atom. The van der Waals surface area contributed by atoms with Gasteiger partial charge in [-0.15, -0.1) is 23.1 Å². The largest absolute Gasteiger partial charge is 0.480 e. The minimum absolute atomic E-state index is 0.142. The first kappa shape index (κ1) is 17.9. The third-order valence-electron chi connectivity index (χ3n) is 2.64. The molecule has 0 aliphatic carbocycles. The lowest BCUT2D eigenvalue weighted by atomic mass is 10.4. The van der Waals surface area contributed by atoms with E-state index in [4.69, 9.17) is 5.11 Å². The predicted molar refractivity (Wildman–Crippen MR) is 85.8 cm³/mol. The molecule has 1 aromatic heterocycles. The van der Waals surface area contributed by atoms with Gasteiger partial charge in [0.2, 0.25) is 5.91 Å². The van der Waals surface area contributed by atoms with E-state index in [2.05, 4.69) is 4.98 Å². The molecule has 0 fully saturated rings. The smallest absolute Gasteiger partial charge is 0.323 e. The van der Waals surface area contributed by atoms with E-state index in [-0.39, 0.29) is 18.2 Å². The van der Waals surface area contributed by atoms with Gasteiger partial charge in [-0.05, 0) is 21.0 Å². The van der Waals surface area contributed by atoms with Crippen LogP contribution in [0.4, 0.5) is 0 Å². The molecule has 0 aromatic carbocycles. The van der Waals surface area contributed by atoms with E-state index in [1.165, 1.54) is 16.7 Å². The number of thiazole rings is 1. The van der Waals surface area contributed by atoms with Crippen LogP contribution in [0.25, 0.3) is 0 Å². The molecule has 1 amide bonds. The summed E-state index contributed by atoms with van der Waals surface area (Å²) in [5.41, 5.74) is 0.966. The van der Waals surface area contributed by atoms with Gasteiger partial charge in [-0.2, -0.15) is 0 Å². The van der Waals surface area contributed by atoms with E-state index in [9.17, 15) is 9.59 Å². The number of likely N-dealkylation sites (N-methyl/N-ethyl adjacent to an activating group) is 1. The van der Waals surface area contributed by atoms with Crippen LogP contribution in [0.2, 0.25) is 0 Å². The van der Waals surface area contributed by atoms with Gasteiger partial charge >= 0.3 is 5.97 Å². The van der Waals surface area contributed by atoms with Crippen molar-refractivity contribution in [1.82, 2.24) is 14.8 Å². The normalized spacial score (nSPS) is 10.9. The lowest BCUT2D eigenvalue weighted by Crippen LogP contribution is -2.40. The highest BCUT2D eigenvalue weighted by Gasteiger charge is 2.16. The van der Waals surface area contributed by atoms with E-state index in [0.29, 0.717) is 18.8 Å². The summed E-state index contributed by atoms with van der Waals surface area (Å²) in [5.74, 6) is -0.180. The van der Waals surface area contributed by atoms with Gasteiger partial charge in [0.15, 0.2) is 0 Å². The summed E-state index contributed by atoms with van der Waals surface area (Å²) in [6, 6.07) is 0. The number of hydrogen-bond acceptors (Lipinski definition) is 6. The lowest BCUT2D eigenvalue weighted by molar-refractivity contribution is -0.143. The van der Waals surface area contributed by atoms with Crippen LogP contribution in [0.15, 0.2) is 5.38 Å². The molecular weight excluding hydrogens is 310 g/mol. The molecule has 0 bridgehead atoms. The molecule has 0 saturated carbocycles. The Hall–Kier alpha value is -1.12. The van der Waals surface area contributed by atoms with Crippen molar-refractivity contribution in [3.05, 3.63) is 16.1 Å². The Balaban J connectivity index is 2.41. The first-order chi connectivity index (χ1) is 9.88. The van der Waals surface area contributed by atoms with Crippen LogP contribution in [0.3, 0.4) is 0 Å². The number of amides is 1. The standard InChI is InChI=1S/C13H21N3O3S2/c1-10-14-11(8-21-10)7-20-9-12(17)16(6-13(18)19)5-4-15(2)3/h8H,4-7,9H2,1-3H3,(H,18,19). The molecule has 1 rings (SSSR count). The number of thioether (sulfide) groups is 1. The van der Waals surface area contributed by atoms with Crippen molar-refractivity contribution in [2.75, 3.05) is 39.5 Å². The Bertz CT molecular complexity index is 477. The third kappa shape index (κ3) is 7.45. The summed E-state index contributed by atoms with van der Waals surface area (Å²) >= 11 is 3.05. The highest BCUT2D eigenvalue weighted by atomic mass is 32.2. The zero-order chi connectivity index (χ0) is 15.8. The summed E-state index contributed by atoms with van der Waals surface area (Å²) in [5, 5.41) is 11.9. The molecule has 0 saturated heterocycles. The van der Waals surface area contributed by atoms with Crippen LogP contribution in [0.1, 0.15) is 10.7 Å². The summed E-state index contributed by atoms with van der Waals surface area (Å²) in [7, 11) is 3.78. The van der Waals surface area contributed by atoms with Crippen LogP contribution in [0.5, 0.6) is 0 Å². The molecule has 6 nitrogen and oxygen atoms in total. The Labute approximate surface area is 133 Å². The Morgan fingerprint density at radius 3 is 2.62 bits per heavy atom. The number of aliphatic carboxylic acids is 1. The zero-order valence-electron chi connectivity index (χ0n) is 12.5. The van der Waals surface area contributed by atoms with Gasteiger partial charge in [0, 0.05) is 24.2 Å². The van der Waals surface area contributed by atoms with Crippen molar-refractivity contribution < 1.29 is 14.7 Å². The van der Waals surface area contributed by atoms with Crippen molar-refractivity contribution in [3.63, 3.8) is 0 Å². The molecule has 0 aliphatic rings. The van der Waals surface area contributed by atoms with Crippen molar-refractivity contribution in [3.8, 4) is 0 Å². The number of aromatic nitrogens is 1. The molecule has 1 aromatic rings. The minimum atomic E-state index is -0.984.